The van der Waals surface area contributed by atoms with Crippen molar-refractivity contribution in [2.24, 2.45) is 0 Å². The van der Waals surface area contributed by atoms with Gasteiger partial charge in [0.25, 0.3) is 0 Å². The average Bonchev–Trinajstić information content (AvgIpc) is 2.46. The van der Waals surface area contributed by atoms with E-state index in [9.17, 15) is 0 Å². The Kier molecular flexibility index (Phi) is 4.00. The lowest BCUT2D eigenvalue weighted by atomic mass is 9.97. The van der Waals surface area contributed by atoms with Crippen LogP contribution in [0.4, 0.5) is 5.82 Å². The van der Waals surface area contributed by atoms with E-state index in [1.165, 1.54) is 0 Å². The van der Waals surface area contributed by atoms with Crippen LogP contribution in [0.1, 0.15) is 25.3 Å². The second-order valence-corrected chi connectivity index (χ2v) is 4.59. The minimum absolute atomic E-state index is 0.323. The van der Waals surface area contributed by atoms with Crippen LogP contribution >= 0.6 is 0 Å². The Balaban J connectivity index is 2.68. The van der Waals surface area contributed by atoms with Crippen LogP contribution in [0.2, 0.25) is 0 Å². The first kappa shape index (κ1) is 13.3. The summed E-state index contributed by atoms with van der Waals surface area (Å²) in [6.07, 6.45) is 1.58. The molecule has 0 aliphatic heterocycles. The molecule has 0 spiro atoms. The molecule has 0 aliphatic carbocycles. The zero-order chi connectivity index (χ0) is 13.8. The number of nitrogens with zero attached hydrogens (tertiary/aromatic N) is 2. The van der Waals surface area contributed by atoms with Crippen molar-refractivity contribution in [3.05, 3.63) is 36.2 Å². The number of benzene rings is 1. The quantitative estimate of drug-likeness (QED) is 0.912. The number of hydrogen-bond acceptors (Lipinski definition) is 4. The molecule has 0 unspecified atom stereocenters. The molecule has 2 rings (SSSR count). The van der Waals surface area contributed by atoms with Crippen LogP contribution in [-0.4, -0.2) is 24.1 Å². The van der Waals surface area contributed by atoms with Gasteiger partial charge in [0, 0.05) is 18.2 Å². The maximum atomic E-state index is 5.43. The molecule has 0 fully saturated rings. The van der Waals surface area contributed by atoms with Crippen molar-refractivity contribution in [2.45, 2.75) is 19.8 Å². The van der Waals surface area contributed by atoms with Gasteiger partial charge in [-0.25, -0.2) is 9.97 Å². The third-order valence-corrected chi connectivity index (χ3v) is 3.06. The zero-order valence-electron chi connectivity index (χ0n) is 11.8. The maximum Gasteiger partial charge on any atom is 0.133 e. The van der Waals surface area contributed by atoms with Crippen molar-refractivity contribution in [3.63, 3.8) is 0 Å². The molecule has 0 amide bonds. The molecule has 19 heavy (non-hydrogen) atoms. The Morgan fingerprint density at radius 2 is 1.89 bits per heavy atom. The van der Waals surface area contributed by atoms with Gasteiger partial charge in [-0.05, 0) is 18.1 Å². The Bertz CT molecular complexity index is 567. The molecule has 4 heteroatoms. The van der Waals surface area contributed by atoms with Crippen LogP contribution in [0, 0.1) is 0 Å². The normalized spacial score (nSPS) is 10.6. The average molecular weight is 257 g/mol. The minimum Gasteiger partial charge on any atom is -0.496 e. The summed E-state index contributed by atoms with van der Waals surface area (Å²) in [4.78, 5) is 8.75. The smallest absolute Gasteiger partial charge is 0.133 e. The molecule has 0 saturated carbocycles. The van der Waals surface area contributed by atoms with Crippen LogP contribution in [0.25, 0.3) is 11.3 Å². The number of para-hydroxylation sites is 1. The largest absolute Gasteiger partial charge is 0.496 e. The Morgan fingerprint density at radius 1 is 1.16 bits per heavy atom. The van der Waals surface area contributed by atoms with Crippen LogP contribution < -0.4 is 10.1 Å². The van der Waals surface area contributed by atoms with Gasteiger partial charge >= 0.3 is 0 Å². The number of aromatic nitrogens is 2. The highest BCUT2D eigenvalue weighted by atomic mass is 16.5. The molecule has 1 aromatic carbocycles. The number of anilines is 1. The van der Waals surface area contributed by atoms with E-state index in [1.54, 1.807) is 13.4 Å². The molecule has 1 aromatic heterocycles. The number of rotatable bonds is 4. The van der Waals surface area contributed by atoms with Gasteiger partial charge in [-0.2, -0.15) is 0 Å². The first-order valence-corrected chi connectivity index (χ1v) is 6.35. The molecule has 100 valence electrons. The molecule has 0 atom stereocenters. The summed E-state index contributed by atoms with van der Waals surface area (Å²) in [5.74, 6) is 2.01. The molecule has 0 aliphatic rings. The Hall–Kier alpha value is -2.10. The lowest BCUT2D eigenvalue weighted by Gasteiger charge is -2.17. The second-order valence-electron chi connectivity index (χ2n) is 4.59. The monoisotopic (exact) mass is 257 g/mol. The highest BCUT2D eigenvalue weighted by molar-refractivity contribution is 5.74. The fourth-order valence-corrected chi connectivity index (χ4v) is 2.20. The highest BCUT2D eigenvalue weighted by Gasteiger charge is 2.17. The lowest BCUT2D eigenvalue weighted by molar-refractivity contribution is 0.416. The highest BCUT2D eigenvalue weighted by Crippen LogP contribution is 2.36. The Morgan fingerprint density at radius 3 is 2.53 bits per heavy atom. The van der Waals surface area contributed by atoms with Crippen molar-refractivity contribution in [2.75, 3.05) is 19.5 Å². The predicted octanol–water partition coefficient (Wildman–Crippen LogP) is 3.32. The van der Waals surface area contributed by atoms with Gasteiger partial charge in [0.05, 0.1) is 12.8 Å². The fraction of sp³-hybridized carbons (Fsp3) is 0.333. The van der Waals surface area contributed by atoms with Crippen LogP contribution in [-0.2, 0) is 0 Å². The van der Waals surface area contributed by atoms with Crippen LogP contribution in [0.5, 0.6) is 5.75 Å². The first-order chi connectivity index (χ1) is 9.19. The topological polar surface area (TPSA) is 47.0 Å². The lowest BCUT2D eigenvalue weighted by Crippen LogP contribution is -2.05. The molecule has 0 saturated heterocycles. The summed E-state index contributed by atoms with van der Waals surface area (Å²) >= 11 is 0. The molecule has 2 aromatic rings. The molecular formula is C15H19N3O. The summed E-state index contributed by atoms with van der Waals surface area (Å²) in [5, 5.41) is 3.13. The summed E-state index contributed by atoms with van der Waals surface area (Å²) in [6.45, 7) is 4.27. The van der Waals surface area contributed by atoms with Gasteiger partial charge in [0.2, 0.25) is 0 Å². The van der Waals surface area contributed by atoms with Gasteiger partial charge in [-0.1, -0.05) is 26.0 Å². The van der Waals surface area contributed by atoms with E-state index in [0.717, 1.165) is 28.4 Å². The van der Waals surface area contributed by atoms with Crippen molar-refractivity contribution in [1.29, 1.82) is 0 Å². The van der Waals surface area contributed by atoms with E-state index < -0.39 is 0 Å². The number of nitrogens with one attached hydrogen (secondary N) is 1. The fourth-order valence-electron chi connectivity index (χ4n) is 2.20. The van der Waals surface area contributed by atoms with E-state index in [4.69, 9.17) is 4.74 Å². The van der Waals surface area contributed by atoms with Crippen molar-refractivity contribution in [1.82, 2.24) is 9.97 Å². The molecule has 1 N–H and O–H groups in total. The van der Waals surface area contributed by atoms with Crippen molar-refractivity contribution < 1.29 is 4.74 Å². The Labute approximate surface area is 113 Å². The SMILES string of the molecule is CNc1ncnc(-c2ccccc2OC)c1C(C)C. The van der Waals surface area contributed by atoms with Gasteiger partial charge < -0.3 is 10.1 Å². The summed E-state index contributed by atoms with van der Waals surface area (Å²) in [6, 6.07) is 7.91. The van der Waals surface area contributed by atoms with E-state index in [2.05, 4.69) is 29.1 Å². The summed E-state index contributed by atoms with van der Waals surface area (Å²) < 4.78 is 5.43. The molecule has 0 radical (unpaired) electrons. The molecular weight excluding hydrogens is 238 g/mol. The predicted molar refractivity (Wildman–Crippen MR) is 77.7 cm³/mol. The summed E-state index contributed by atoms with van der Waals surface area (Å²) in [5.41, 5.74) is 3.02. The van der Waals surface area contributed by atoms with E-state index in [1.807, 2.05) is 31.3 Å². The third-order valence-electron chi connectivity index (χ3n) is 3.06. The number of hydrogen-bond donors (Lipinski definition) is 1. The number of ether oxygens (including phenoxy) is 1. The van der Waals surface area contributed by atoms with Gasteiger partial charge in [0.15, 0.2) is 0 Å². The van der Waals surface area contributed by atoms with Crippen molar-refractivity contribution >= 4 is 5.82 Å². The first-order valence-electron chi connectivity index (χ1n) is 6.35. The molecule has 4 nitrogen and oxygen atoms in total. The molecule has 1 heterocycles. The molecule has 0 bridgehead atoms. The zero-order valence-corrected chi connectivity index (χ0v) is 11.8. The van der Waals surface area contributed by atoms with Crippen LogP contribution in [0.15, 0.2) is 30.6 Å². The summed E-state index contributed by atoms with van der Waals surface area (Å²) in [7, 11) is 3.55. The van der Waals surface area contributed by atoms with Gasteiger partial charge in [-0.3, -0.25) is 0 Å². The van der Waals surface area contributed by atoms with Gasteiger partial charge in [-0.15, -0.1) is 0 Å². The van der Waals surface area contributed by atoms with E-state index in [0.29, 0.717) is 5.92 Å². The van der Waals surface area contributed by atoms with E-state index in [-0.39, 0.29) is 0 Å². The maximum absolute atomic E-state index is 5.43. The third kappa shape index (κ3) is 2.52. The minimum atomic E-state index is 0.323. The van der Waals surface area contributed by atoms with Gasteiger partial charge in [0.1, 0.15) is 17.9 Å². The van der Waals surface area contributed by atoms with E-state index >= 15 is 0 Å². The van der Waals surface area contributed by atoms with Crippen molar-refractivity contribution in [3.8, 4) is 17.0 Å². The standard InChI is InChI=1S/C15H19N3O/c1-10(2)13-14(17-9-18-15(13)16-3)11-7-5-6-8-12(11)19-4/h5-10H,1-4H3,(H,16,17,18). The number of methoxy groups -OCH3 is 1. The van der Waals surface area contributed by atoms with Crippen LogP contribution in [0.3, 0.4) is 0 Å². The second kappa shape index (κ2) is 5.69.